The first kappa shape index (κ1) is 13.2. The largest absolute Gasteiger partial charge is 0.310 e. The highest BCUT2D eigenvalue weighted by molar-refractivity contribution is 5.21. The minimum Gasteiger partial charge on any atom is -0.310 e. The summed E-state index contributed by atoms with van der Waals surface area (Å²) in [5.41, 5.74) is 2.64. The minimum absolute atomic E-state index is 0.453. The Balaban J connectivity index is 2.96. The van der Waals surface area contributed by atoms with E-state index in [1.54, 1.807) is 0 Å². The highest BCUT2D eigenvalue weighted by atomic mass is 15.3. The maximum Gasteiger partial charge on any atom is 0.0540 e. The number of aryl methyl sites for hydroxylation is 1. The Morgan fingerprint density at radius 1 is 1.31 bits per heavy atom. The van der Waals surface area contributed by atoms with E-state index < -0.39 is 0 Å². The normalized spacial score (nSPS) is 13.4. The zero-order chi connectivity index (χ0) is 12.1. The van der Waals surface area contributed by atoms with Gasteiger partial charge < -0.3 is 5.32 Å². The number of rotatable bonds is 6. The SMILES string of the molecule is CCNC(c1cnn(C)c1C)C(CC)CC. The minimum atomic E-state index is 0.453. The number of aromatic nitrogens is 2. The number of nitrogens with one attached hydrogen (secondary N) is 1. The van der Waals surface area contributed by atoms with E-state index in [2.05, 4.69) is 38.1 Å². The highest BCUT2D eigenvalue weighted by Gasteiger charge is 2.22. The van der Waals surface area contributed by atoms with E-state index in [0.29, 0.717) is 12.0 Å². The molecule has 0 fully saturated rings. The summed E-state index contributed by atoms with van der Waals surface area (Å²) in [5.74, 6) is 0.697. The van der Waals surface area contributed by atoms with Crippen LogP contribution in [0.3, 0.4) is 0 Å². The van der Waals surface area contributed by atoms with Crippen molar-refractivity contribution in [1.82, 2.24) is 15.1 Å². The number of hydrogen-bond acceptors (Lipinski definition) is 2. The molecule has 92 valence electrons. The molecular formula is C13H25N3. The summed E-state index contributed by atoms with van der Waals surface area (Å²) in [6.45, 7) is 9.86. The van der Waals surface area contributed by atoms with Crippen LogP contribution >= 0.6 is 0 Å². The van der Waals surface area contributed by atoms with Crippen molar-refractivity contribution in [3.8, 4) is 0 Å². The second kappa shape index (κ2) is 6.04. The van der Waals surface area contributed by atoms with Gasteiger partial charge in [-0.15, -0.1) is 0 Å². The van der Waals surface area contributed by atoms with Crippen molar-refractivity contribution in [3.05, 3.63) is 17.5 Å². The predicted octanol–water partition coefficient (Wildman–Crippen LogP) is 2.82. The van der Waals surface area contributed by atoms with Gasteiger partial charge in [0, 0.05) is 24.3 Å². The van der Waals surface area contributed by atoms with E-state index in [0.717, 1.165) is 6.54 Å². The molecule has 1 unspecified atom stereocenters. The Labute approximate surface area is 99.2 Å². The van der Waals surface area contributed by atoms with Crippen molar-refractivity contribution in [2.75, 3.05) is 6.54 Å². The fourth-order valence-corrected chi connectivity index (χ4v) is 2.33. The summed E-state index contributed by atoms with van der Waals surface area (Å²) in [6.07, 6.45) is 4.44. The van der Waals surface area contributed by atoms with Crippen molar-refractivity contribution in [2.24, 2.45) is 13.0 Å². The van der Waals surface area contributed by atoms with Crippen LogP contribution in [0.2, 0.25) is 0 Å². The van der Waals surface area contributed by atoms with Gasteiger partial charge in [0.05, 0.1) is 6.20 Å². The molecule has 0 aliphatic rings. The third-order valence-electron chi connectivity index (χ3n) is 3.55. The van der Waals surface area contributed by atoms with Gasteiger partial charge in [-0.2, -0.15) is 5.10 Å². The summed E-state index contributed by atoms with van der Waals surface area (Å²) >= 11 is 0. The van der Waals surface area contributed by atoms with Gasteiger partial charge in [0.1, 0.15) is 0 Å². The number of hydrogen-bond donors (Lipinski definition) is 1. The maximum atomic E-state index is 4.35. The summed E-state index contributed by atoms with van der Waals surface area (Å²) in [6, 6.07) is 0.453. The van der Waals surface area contributed by atoms with Gasteiger partial charge in [-0.25, -0.2) is 0 Å². The number of nitrogens with zero attached hydrogens (tertiary/aromatic N) is 2. The van der Waals surface area contributed by atoms with E-state index in [4.69, 9.17) is 0 Å². The fourth-order valence-electron chi connectivity index (χ4n) is 2.33. The molecule has 1 aromatic rings. The third-order valence-corrected chi connectivity index (χ3v) is 3.55. The van der Waals surface area contributed by atoms with E-state index >= 15 is 0 Å². The Morgan fingerprint density at radius 3 is 2.31 bits per heavy atom. The molecule has 0 aromatic carbocycles. The molecule has 0 radical (unpaired) electrons. The molecule has 1 heterocycles. The van der Waals surface area contributed by atoms with Gasteiger partial charge in [0.25, 0.3) is 0 Å². The molecule has 0 amide bonds. The molecule has 0 saturated heterocycles. The topological polar surface area (TPSA) is 29.9 Å². The molecule has 0 bridgehead atoms. The lowest BCUT2D eigenvalue weighted by atomic mass is 9.89. The highest BCUT2D eigenvalue weighted by Crippen LogP contribution is 2.28. The molecular weight excluding hydrogens is 198 g/mol. The molecule has 0 saturated carbocycles. The first-order chi connectivity index (χ1) is 7.65. The van der Waals surface area contributed by atoms with Crippen LogP contribution in [0.4, 0.5) is 0 Å². The monoisotopic (exact) mass is 223 g/mol. The maximum absolute atomic E-state index is 4.35. The van der Waals surface area contributed by atoms with E-state index in [1.165, 1.54) is 24.1 Å². The molecule has 0 aliphatic heterocycles. The molecule has 0 spiro atoms. The zero-order valence-corrected chi connectivity index (χ0v) is 11.2. The van der Waals surface area contributed by atoms with Gasteiger partial charge in [-0.05, 0) is 19.4 Å². The van der Waals surface area contributed by atoms with Crippen molar-refractivity contribution in [1.29, 1.82) is 0 Å². The zero-order valence-electron chi connectivity index (χ0n) is 11.2. The summed E-state index contributed by atoms with van der Waals surface area (Å²) in [5, 5.41) is 7.95. The standard InChI is InChI=1S/C13H25N3/c1-6-11(7-2)13(14-8-3)12-9-15-16(5)10(12)4/h9,11,13-14H,6-8H2,1-5H3. The van der Waals surface area contributed by atoms with E-state index in [9.17, 15) is 0 Å². The second-order valence-corrected chi connectivity index (χ2v) is 4.42. The van der Waals surface area contributed by atoms with Crippen LogP contribution in [0.15, 0.2) is 6.20 Å². The van der Waals surface area contributed by atoms with Gasteiger partial charge in [-0.3, -0.25) is 4.68 Å². The molecule has 1 N–H and O–H groups in total. The van der Waals surface area contributed by atoms with Gasteiger partial charge in [-0.1, -0.05) is 33.6 Å². The third kappa shape index (κ3) is 2.64. The molecule has 0 aliphatic carbocycles. The summed E-state index contributed by atoms with van der Waals surface area (Å²) < 4.78 is 1.96. The van der Waals surface area contributed by atoms with E-state index in [1.807, 2.05) is 17.9 Å². The van der Waals surface area contributed by atoms with Crippen molar-refractivity contribution in [2.45, 2.75) is 46.6 Å². The predicted molar refractivity (Wildman–Crippen MR) is 68.4 cm³/mol. The first-order valence-electron chi connectivity index (χ1n) is 6.37. The quantitative estimate of drug-likeness (QED) is 0.803. The Bertz CT molecular complexity index is 313. The second-order valence-electron chi connectivity index (χ2n) is 4.42. The van der Waals surface area contributed by atoms with Crippen LogP contribution in [0.25, 0.3) is 0 Å². The van der Waals surface area contributed by atoms with Gasteiger partial charge in [0.2, 0.25) is 0 Å². The van der Waals surface area contributed by atoms with Crippen LogP contribution in [-0.4, -0.2) is 16.3 Å². The molecule has 1 rings (SSSR count). The Kier molecular flexibility index (Phi) is 5.00. The van der Waals surface area contributed by atoms with E-state index in [-0.39, 0.29) is 0 Å². The Morgan fingerprint density at radius 2 is 1.94 bits per heavy atom. The average Bonchev–Trinajstić information content (AvgIpc) is 2.60. The Hall–Kier alpha value is -0.830. The van der Waals surface area contributed by atoms with Crippen LogP contribution in [0.1, 0.15) is 50.9 Å². The average molecular weight is 223 g/mol. The molecule has 3 nitrogen and oxygen atoms in total. The van der Waals surface area contributed by atoms with Crippen molar-refractivity contribution in [3.63, 3.8) is 0 Å². The molecule has 1 atom stereocenters. The molecule has 16 heavy (non-hydrogen) atoms. The van der Waals surface area contributed by atoms with Crippen LogP contribution in [0, 0.1) is 12.8 Å². The van der Waals surface area contributed by atoms with Crippen LogP contribution in [-0.2, 0) is 7.05 Å². The lowest BCUT2D eigenvalue weighted by molar-refractivity contribution is 0.345. The van der Waals surface area contributed by atoms with Crippen LogP contribution < -0.4 is 5.32 Å². The summed E-state index contributed by atoms with van der Waals surface area (Å²) in [4.78, 5) is 0. The van der Waals surface area contributed by atoms with Gasteiger partial charge in [0.15, 0.2) is 0 Å². The van der Waals surface area contributed by atoms with Crippen molar-refractivity contribution >= 4 is 0 Å². The van der Waals surface area contributed by atoms with Crippen molar-refractivity contribution < 1.29 is 0 Å². The van der Waals surface area contributed by atoms with Crippen LogP contribution in [0.5, 0.6) is 0 Å². The van der Waals surface area contributed by atoms with Gasteiger partial charge >= 0.3 is 0 Å². The smallest absolute Gasteiger partial charge is 0.0540 e. The fraction of sp³-hybridized carbons (Fsp3) is 0.769. The summed E-state index contributed by atoms with van der Waals surface area (Å²) in [7, 11) is 2.01. The first-order valence-corrected chi connectivity index (χ1v) is 6.37. The lowest BCUT2D eigenvalue weighted by Crippen LogP contribution is -2.28. The molecule has 1 aromatic heterocycles. The molecule has 3 heteroatoms. The lowest BCUT2D eigenvalue weighted by Gasteiger charge is -2.26.